The lowest BCUT2D eigenvalue weighted by atomic mass is 10.1. The van der Waals surface area contributed by atoms with Gasteiger partial charge in [0.25, 0.3) is 11.5 Å². The van der Waals surface area contributed by atoms with Crippen LogP contribution >= 0.6 is 0 Å². The van der Waals surface area contributed by atoms with Gasteiger partial charge in [-0.1, -0.05) is 12.1 Å². The van der Waals surface area contributed by atoms with Crippen molar-refractivity contribution in [1.29, 1.82) is 0 Å². The summed E-state index contributed by atoms with van der Waals surface area (Å²) in [5.41, 5.74) is 0.255. The van der Waals surface area contributed by atoms with Crippen molar-refractivity contribution in [2.75, 3.05) is 11.9 Å². The molecule has 2 aromatic rings. The number of ether oxygens (including phenoxy) is 1. The lowest BCUT2D eigenvalue weighted by Crippen LogP contribution is -2.38. The quantitative estimate of drug-likeness (QED) is 0.716. The van der Waals surface area contributed by atoms with Crippen LogP contribution in [0.5, 0.6) is 0 Å². The minimum atomic E-state index is -4.69. The molecule has 11 heteroatoms. The summed E-state index contributed by atoms with van der Waals surface area (Å²) in [6.45, 7) is 1.94. The number of carbonyl (C=O) groups is 3. The number of rotatable bonds is 5. The number of hydrogen-bond acceptors (Lipinski definition) is 5. The molecule has 0 bridgehead atoms. The van der Waals surface area contributed by atoms with Crippen LogP contribution in [-0.2, 0) is 27.0 Å². The largest absolute Gasteiger partial charge is 0.454 e. The number of aryl methyl sites for hydroxylation is 1. The molecule has 0 aliphatic rings. The topological polar surface area (TPSA) is 106 Å². The summed E-state index contributed by atoms with van der Waals surface area (Å²) >= 11 is 0. The summed E-state index contributed by atoms with van der Waals surface area (Å²) in [4.78, 5) is 46.9. The molecule has 0 atom stereocenters. The number of benzene rings is 1. The van der Waals surface area contributed by atoms with Gasteiger partial charge in [-0.15, -0.1) is 0 Å². The van der Waals surface area contributed by atoms with Gasteiger partial charge in [-0.2, -0.15) is 13.2 Å². The van der Waals surface area contributed by atoms with E-state index >= 15 is 0 Å². The number of pyridine rings is 1. The summed E-state index contributed by atoms with van der Waals surface area (Å²) in [6.07, 6.45) is -4.22. The van der Waals surface area contributed by atoms with Crippen molar-refractivity contribution in [3.05, 3.63) is 63.6 Å². The lowest BCUT2D eigenvalue weighted by molar-refractivity contribution is -0.149. The average Bonchev–Trinajstić information content (AvgIpc) is 2.64. The summed E-state index contributed by atoms with van der Waals surface area (Å²) in [5, 5.41) is 4.43. The summed E-state index contributed by atoms with van der Waals surface area (Å²) in [6, 6.07) is 5.61. The number of urea groups is 1. The van der Waals surface area contributed by atoms with Crippen molar-refractivity contribution < 1.29 is 32.3 Å². The number of hydrogen-bond donors (Lipinski definition) is 2. The fourth-order valence-electron chi connectivity index (χ4n) is 2.36. The molecule has 30 heavy (non-hydrogen) atoms. The van der Waals surface area contributed by atoms with Gasteiger partial charge < -0.3 is 14.6 Å². The smallest absolute Gasteiger partial charge is 0.417 e. The van der Waals surface area contributed by atoms with Crippen molar-refractivity contribution in [3.63, 3.8) is 0 Å². The average molecular weight is 425 g/mol. The number of imide groups is 1. The normalized spacial score (nSPS) is 11.0. The Hall–Kier alpha value is -3.63. The van der Waals surface area contributed by atoms with E-state index in [9.17, 15) is 32.3 Å². The maximum Gasteiger partial charge on any atom is 0.417 e. The highest BCUT2D eigenvalue weighted by Crippen LogP contribution is 2.28. The van der Waals surface area contributed by atoms with Crippen molar-refractivity contribution in [1.82, 2.24) is 9.88 Å². The molecule has 0 aliphatic heterocycles. The zero-order chi connectivity index (χ0) is 22.5. The van der Waals surface area contributed by atoms with Crippen LogP contribution in [0.1, 0.15) is 16.7 Å². The predicted molar refractivity (Wildman–Crippen MR) is 99.7 cm³/mol. The zero-order valence-corrected chi connectivity index (χ0v) is 16.0. The third-order valence-electron chi connectivity index (χ3n) is 4.08. The highest BCUT2D eigenvalue weighted by Gasteiger charge is 2.31. The SMILES string of the molecule is Cc1cccc(NC(=O)NC(=O)COC(=O)Cn2cc(C(F)(F)F)ccc2=O)c1C. The van der Waals surface area contributed by atoms with Gasteiger partial charge in [0, 0.05) is 18.0 Å². The molecule has 0 saturated carbocycles. The minimum Gasteiger partial charge on any atom is -0.454 e. The Labute approximate surface area is 168 Å². The van der Waals surface area contributed by atoms with Crippen LogP contribution < -0.4 is 16.2 Å². The Kier molecular flexibility index (Phi) is 6.98. The minimum absolute atomic E-state index is 0.474. The summed E-state index contributed by atoms with van der Waals surface area (Å²) < 4.78 is 43.2. The Morgan fingerprint density at radius 2 is 1.80 bits per heavy atom. The predicted octanol–water partition coefficient (Wildman–Crippen LogP) is 2.38. The molecule has 1 aromatic heterocycles. The fourth-order valence-corrected chi connectivity index (χ4v) is 2.36. The zero-order valence-electron chi connectivity index (χ0n) is 16.0. The number of aromatic nitrogens is 1. The van der Waals surface area contributed by atoms with Crippen molar-refractivity contribution in [3.8, 4) is 0 Å². The molecular weight excluding hydrogens is 407 g/mol. The number of amides is 3. The highest BCUT2D eigenvalue weighted by atomic mass is 19.4. The summed E-state index contributed by atoms with van der Waals surface area (Å²) in [5.74, 6) is -2.08. The van der Waals surface area contributed by atoms with Crippen LogP contribution in [0.4, 0.5) is 23.7 Å². The van der Waals surface area contributed by atoms with Gasteiger partial charge in [-0.3, -0.25) is 19.7 Å². The van der Waals surface area contributed by atoms with Crippen LogP contribution in [0, 0.1) is 13.8 Å². The van der Waals surface area contributed by atoms with Crippen LogP contribution in [0.2, 0.25) is 0 Å². The monoisotopic (exact) mass is 425 g/mol. The molecular formula is C19H18F3N3O5. The van der Waals surface area contributed by atoms with Gasteiger partial charge in [0.1, 0.15) is 6.54 Å². The molecule has 0 radical (unpaired) electrons. The maximum absolute atomic E-state index is 12.7. The van der Waals surface area contributed by atoms with Crippen molar-refractivity contribution in [2.45, 2.75) is 26.6 Å². The van der Waals surface area contributed by atoms with Crippen molar-refractivity contribution in [2.24, 2.45) is 0 Å². The van der Waals surface area contributed by atoms with Gasteiger partial charge in [-0.25, -0.2) is 4.79 Å². The first-order chi connectivity index (χ1) is 14.0. The number of halogens is 3. The Balaban J connectivity index is 1.87. The molecule has 0 fully saturated rings. The fraction of sp³-hybridized carbons (Fsp3) is 0.263. The van der Waals surface area contributed by atoms with E-state index in [-0.39, 0.29) is 0 Å². The highest BCUT2D eigenvalue weighted by molar-refractivity contribution is 6.02. The first-order valence-electron chi connectivity index (χ1n) is 8.57. The second-order valence-corrected chi connectivity index (χ2v) is 6.29. The molecule has 2 rings (SSSR count). The van der Waals surface area contributed by atoms with E-state index in [1.54, 1.807) is 19.1 Å². The Morgan fingerprint density at radius 3 is 2.47 bits per heavy atom. The van der Waals surface area contributed by atoms with E-state index in [0.29, 0.717) is 28.6 Å². The molecule has 0 unspecified atom stereocenters. The van der Waals surface area contributed by atoms with E-state index in [0.717, 1.165) is 11.1 Å². The molecule has 0 aliphatic carbocycles. The third kappa shape index (κ3) is 6.19. The van der Waals surface area contributed by atoms with E-state index in [2.05, 4.69) is 10.1 Å². The molecule has 1 heterocycles. The second kappa shape index (κ2) is 9.25. The third-order valence-corrected chi connectivity index (χ3v) is 4.08. The van der Waals surface area contributed by atoms with E-state index in [1.165, 1.54) is 0 Å². The van der Waals surface area contributed by atoms with Crippen LogP contribution in [0.3, 0.4) is 0 Å². The number of carbonyl (C=O) groups excluding carboxylic acids is 3. The van der Waals surface area contributed by atoms with Crippen LogP contribution in [0.15, 0.2) is 41.3 Å². The van der Waals surface area contributed by atoms with Crippen LogP contribution in [-0.4, -0.2) is 29.1 Å². The maximum atomic E-state index is 12.7. The number of nitrogens with one attached hydrogen (secondary N) is 2. The molecule has 2 N–H and O–H groups in total. The van der Waals surface area contributed by atoms with Crippen molar-refractivity contribution >= 4 is 23.6 Å². The molecule has 3 amide bonds. The number of alkyl halides is 3. The summed E-state index contributed by atoms with van der Waals surface area (Å²) in [7, 11) is 0. The standard InChI is InChI=1S/C19H18F3N3O5/c1-11-4-3-5-14(12(11)2)23-18(29)24-15(26)10-30-17(28)9-25-8-13(19(20,21)22)6-7-16(25)27/h3-8H,9-10H2,1-2H3,(H2,23,24,26,29). The Bertz CT molecular complexity index is 1030. The second-order valence-electron chi connectivity index (χ2n) is 6.29. The van der Waals surface area contributed by atoms with Gasteiger partial charge in [0.15, 0.2) is 6.61 Å². The van der Waals surface area contributed by atoms with Gasteiger partial charge in [0.05, 0.1) is 5.56 Å². The van der Waals surface area contributed by atoms with Crippen LogP contribution in [0.25, 0.3) is 0 Å². The molecule has 1 aromatic carbocycles. The van der Waals surface area contributed by atoms with Gasteiger partial charge in [0.2, 0.25) is 0 Å². The number of esters is 1. The lowest BCUT2D eigenvalue weighted by Gasteiger charge is -2.12. The molecule has 0 saturated heterocycles. The number of nitrogens with zero attached hydrogens (tertiary/aromatic N) is 1. The first kappa shape index (κ1) is 22.7. The van der Waals surface area contributed by atoms with Gasteiger partial charge >= 0.3 is 18.2 Å². The van der Waals surface area contributed by atoms with E-state index in [4.69, 9.17) is 0 Å². The molecule has 8 nitrogen and oxygen atoms in total. The van der Waals surface area contributed by atoms with E-state index < -0.39 is 48.4 Å². The van der Waals surface area contributed by atoms with Gasteiger partial charge in [-0.05, 0) is 37.1 Å². The Morgan fingerprint density at radius 1 is 1.10 bits per heavy atom. The van der Waals surface area contributed by atoms with E-state index in [1.807, 2.05) is 18.3 Å². The molecule has 160 valence electrons. The molecule has 0 spiro atoms. The number of anilines is 1. The first-order valence-corrected chi connectivity index (χ1v) is 8.57.